The molecule has 2 aromatic heterocycles. The highest BCUT2D eigenvalue weighted by Gasteiger charge is 2.30. The van der Waals surface area contributed by atoms with Crippen LogP contribution in [0.5, 0.6) is 0 Å². The van der Waals surface area contributed by atoms with Crippen molar-refractivity contribution in [2.75, 3.05) is 5.32 Å². The second-order valence-corrected chi connectivity index (χ2v) is 7.17. The van der Waals surface area contributed by atoms with E-state index < -0.39 is 17.6 Å². The van der Waals surface area contributed by atoms with Crippen LogP contribution in [0.3, 0.4) is 0 Å². The second-order valence-electron chi connectivity index (χ2n) is 7.17. The largest absolute Gasteiger partial charge is 0.416 e. The number of aryl methyl sites for hydroxylation is 2. The summed E-state index contributed by atoms with van der Waals surface area (Å²) >= 11 is 0. The van der Waals surface area contributed by atoms with Gasteiger partial charge in [0.05, 0.1) is 11.1 Å². The van der Waals surface area contributed by atoms with Crippen molar-refractivity contribution in [3.63, 3.8) is 0 Å². The van der Waals surface area contributed by atoms with Crippen LogP contribution in [0.15, 0.2) is 35.1 Å². The lowest BCUT2D eigenvalue weighted by molar-refractivity contribution is -0.137. The van der Waals surface area contributed by atoms with E-state index >= 15 is 0 Å². The maximum atomic E-state index is 12.9. The molecule has 1 aliphatic rings. The Labute approximate surface area is 164 Å². The molecule has 0 spiro atoms. The quantitative estimate of drug-likeness (QED) is 0.727. The summed E-state index contributed by atoms with van der Waals surface area (Å²) in [5, 5.41) is 2.48. The Morgan fingerprint density at radius 3 is 2.79 bits per heavy atom. The zero-order valence-electron chi connectivity index (χ0n) is 15.7. The number of rotatable bonds is 3. The van der Waals surface area contributed by atoms with Gasteiger partial charge in [-0.25, -0.2) is 4.98 Å². The third-order valence-electron chi connectivity index (χ3n) is 5.10. The molecule has 152 valence electrons. The minimum absolute atomic E-state index is 0.0474. The van der Waals surface area contributed by atoms with Gasteiger partial charge in [0.1, 0.15) is 17.9 Å². The molecule has 1 N–H and O–H groups in total. The van der Waals surface area contributed by atoms with Crippen LogP contribution in [-0.2, 0) is 30.5 Å². The first kappa shape index (κ1) is 19.2. The number of hydrogen-bond acceptors (Lipinski definition) is 3. The normalized spacial score (nSPS) is 14.1. The summed E-state index contributed by atoms with van der Waals surface area (Å²) in [7, 11) is 0. The maximum absolute atomic E-state index is 12.9. The number of fused-ring (bicyclic) bond motifs is 2. The lowest BCUT2D eigenvalue weighted by atomic mass is 10.1. The average Bonchev–Trinajstić information content (AvgIpc) is 2.97. The molecule has 6 nitrogen and oxygen atoms in total. The Morgan fingerprint density at radius 2 is 2.03 bits per heavy atom. The molecular formula is C20H19F3N4O2. The maximum Gasteiger partial charge on any atom is 0.416 e. The van der Waals surface area contributed by atoms with Crippen molar-refractivity contribution in [1.82, 2.24) is 14.1 Å². The van der Waals surface area contributed by atoms with Crippen molar-refractivity contribution in [3.05, 3.63) is 57.8 Å². The number of nitrogens with zero attached hydrogens (tertiary/aromatic N) is 3. The van der Waals surface area contributed by atoms with E-state index in [4.69, 9.17) is 0 Å². The zero-order chi connectivity index (χ0) is 20.8. The predicted molar refractivity (Wildman–Crippen MR) is 102 cm³/mol. The lowest BCUT2D eigenvalue weighted by Gasteiger charge is -2.17. The second kappa shape index (κ2) is 7.06. The minimum atomic E-state index is -4.49. The van der Waals surface area contributed by atoms with Gasteiger partial charge in [0.2, 0.25) is 5.91 Å². The molecule has 1 aliphatic heterocycles. The van der Waals surface area contributed by atoms with Gasteiger partial charge in [0.15, 0.2) is 0 Å². The number of aromatic nitrogens is 3. The highest BCUT2D eigenvalue weighted by molar-refractivity contribution is 5.92. The van der Waals surface area contributed by atoms with Gasteiger partial charge in [-0.2, -0.15) is 13.2 Å². The minimum Gasteiger partial charge on any atom is -0.330 e. The van der Waals surface area contributed by atoms with E-state index in [1.807, 2.05) is 0 Å². The number of carbonyl (C=O) groups excluding carboxylic acids is 1. The summed E-state index contributed by atoms with van der Waals surface area (Å²) in [5.74, 6) is 0.228. The molecule has 3 aromatic rings. The van der Waals surface area contributed by atoms with Crippen LogP contribution >= 0.6 is 0 Å². The predicted octanol–water partition coefficient (Wildman–Crippen LogP) is 3.50. The molecule has 0 radical (unpaired) electrons. The molecule has 0 atom stereocenters. The fourth-order valence-electron chi connectivity index (χ4n) is 3.71. The summed E-state index contributed by atoms with van der Waals surface area (Å²) in [6.07, 6.45) is -1.87. The summed E-state index contributed by atoms with van der Waals surface area (Å²) in [4.78, 5) is 30.0. The smallest absolute Gasteiger partial charge is 0.330 e. The molecule has 0 unspecified atom stereocenters. The van der Waals surface area contributed by atoms with Crippen molar-refractivity contribution < 1.29 is 18.0 Å². The number of hydrogen-bond donors (Lipinski definition) is 1. The van der Waals surface area contributed by atoms with Crippen molar-refractivity contribution in [1.29, 1.82) is 0 Å². The molecule has 9 heteroatoms. The Balaban J connectivity index is 1.64. The Hall–Kier alpha value is -3.10. The number of benzene rings is 1. The fourth-order valence-corrected chi connectivity index (χ4v) is 3.71. The van der Waals surface area contributed by atoms with Crippen LogP contribution in [0.4, 0.5) is 18.9 Å². The van der Waals surface area contributed by atoms with Gasteiger partial charge in [-0.1, -0.05) is 6.07 Å². The molecule has 1 amide bonds. The molecule has 0 saturated carbocycles. The summed E-state index contributed by atoms with van der Waals surface area (Å²) in [6.45, 7) is 2.17. The molecule has 0 bridgehead atoms. The number of anilines is 1. The third kappa shape index (κ3) is 3.64. The highest BCUT2D eigenvalue weighted by Crippen LogP contribution is 2.30. The fraction of sp³-hybridized carbons (Fsp3) is 0.350. The Kier molecular flexibility index (Phi) is 4.68. The van der Waals surface area contributed by atoms with Crippen LogP contribution in [0, 0.1) is 6.92 Å². The lowest BCUT2D eigenvalue weighted by Crippen LogP contribution is -2.30. The summed E-state index contributed by atoms with van der Waals surface area (Å²) < 4.78 is 41.8. The molecular weight excluding hydrogens is 385 g/mol. The van der Waals surface area contributed by atoms with Gasteiger partial charge >= 0.3 is 6.18 Å². The van der Waals surface area contributed by atoms with Crippen LogP contribution in [0.25, 0.3) is 11.0 Å². The Morgan fingerprint density at radius 1 is 1.24 bits per heavy atom. The van der Waals surface area contributed by atoms with E-state index in [0.29, 0.717) is 23.3 Å². The first-order chi connectivity index (χ1) is 13.7. The van der Waals surface area contributed by atoms with E-state index in [-0.39, 0.29) is 17.8 Å². The van der Waals surface area contributed by atoms with Crippen molar-refractivity contribution in [2.45, 2.75) is 45.5 Å². The van der Waals surface area contributed by atoms with E-state index in [0.717, 1.165) is 37.2 Å². The topological polar surface area (TPSA) is 68.9 Å². The SMILES string of the molecule is Cc1cc2nc3n(c(=O)c2n1CC(=O)Nc1cccc(C(F)(F)F)c1)CCCC3. The number of carbonyl (C=O) groups is 1. The summed E-state index contributed by atoms with van der Waals surface area (Å²) in [5.41, 5.74) is 0.578. The number of amides is 1. The zero-order valence-corrected chi connectivity index (χ0v) is 15.7. The van der Waals surface area contributed by atoms with Crippen molar-refractivity contribution in [2.24, 2.45) is 0 Å². The van der Waals surface area contributed by atoms with Crippen LogP contribution < -0.4 is 10.9 Å². The van der Waals surface area contributed by atoms with Gasteiger partial charge in [-0.05, 0) is 44.0 Å². The first-order valence-electron chi connectivity index (χ1n) is 9.31. The van der Waals surface area contributed by atoms with Crippen molar-refractivity contribution >= 4 is 22.6 Å². The monoisotopic (exact) mass is 404 g/mol. The number of nitrogens with one attached hydrogen (secondary N) is 1. The molecule has 0 fully saturated rings. The molecule has 29 heavy (non-hydrogen) atoms. The van der Waals surface area contributed by atoms with Gasteiger partial charge in [-0.15, -0.1) is 0 Å². The van der Waals surface area contributed by atoms with Gasteiger partial charge in [0.25, 0.3) is 5.56 Å². The standard InChI is InChI=1S/C20H19F3N4O2/c1-12-9-15-18(19(29)26-8-3-2-7-16(26)25-15)27(12)11-17(28)24-14-6-4-5-13(10-14)20(21,22)23/h4-6,9-10H,2-3,7-8,11H2,1H3,(H,24,28). The first-order valence-corrected chi connectivity index (χ1v) is 9.31. The number of alkyl halides is 3. The molecule has 0 aliphatic carbocycles. The molecule has 1 aromatic carbocycles. The van der Waals surface area contributed by atoms with Gasteiger partial charge in [0, 0.05) is 24.3 Å². The highest BCUT2D eigenvalue weighted by atomic mass is 19.4. The molecule has 4 rings (SSSR count). The molecule has 0 saturated heterocycles. The van der Waals surface area contributed by atoms with Crippen LogP contribution in [0.2, 0.25) is 0 Å². The van der Waals surface area contributed by atoms with E-state index in [9.17, 15) is 22.8 Å². The van der Waals surface area contributed by atoms with Crippen LogP contribution in [0.1, 0.15) is 29.9 Å². The molecule has 3 heterocycles. The van der Waals surface area contributed by atoms with E-state index in [2.05, 4.69) is 10.3 Å². The van der Waals surface area contributed by atoms with Gasteiger partial charge in [-0.3, -0.25) is 14.2 Å². The van der Waals surface area contributed by atoms with E-state index in [1.54, 1.807) is 22.1 Å². The van der Waals surface area contributed by atoms with Crippen LogP contribution in [-0.4, -0.2) is 20.0 Å². The van der Waals surface area contributed by atoms with Crippen molar-refractivity contribution in [3.8, 4) is 0 Å². The van der Waals surface area contributed by atoms with E-state index in [1.165, 1.54) is 12.1 Å². The Bertz CT molecular complexity index is 1160. The average molecular weight is 404 g/mol. The number of halogens is 3. The third-order valence-corrected chi connectivity index (χ3v) is 5.10. The summed E-state index contributed by atoms with van der Waals surface area (Å²) in [6, 6.07) is 6.20. The van der Waals surface area contributed by atoms with Gasteiger partial charge < -0.3 is 9.88 Å².